The number of ether oxygens (including phenoxy) is 1. The number of carbonyl (C=O) groups is 3. The maximum absolute atomic E-state index is 13.5. The maximum atomic E-state index is 13.5. The van der Waals surface area contributed by atoms with Crippen molar-refractivity contribution in [3.63, 3.8) is 0 Å². The van der Waals surface area contributed by atoms with Crippen LogP contribution in [-0.2, 0) is 4.79 Å². The summed E-state index contributed by atoms with van der Waals surface area (Å²) in [7, 11) is 0. The second kappa shape index (κ2) is 10.4. The van der Waals surface area contributed by atoms with Crippen molar-refractivity contribution in [2.75, 3.05) is 10.2 Å². The zero-order chi connectivity index (χ0) is 27.0. The maximum Gasteiger partial charge on any atom is 0.331 e. The van der Waals surface area contributed by atoms with Crippen molar-refractivity contribution in [2.45, 2.75) is 64.6 Å². The molecule has 4 amide bonds. The molecule has 0 radical (unpaired) electrons. The Bertz CT molecular complexity index is 1430. The summed E-state index contributed by atoms with van der Waals surface area (Å²) >= 11 is 1.24. The number of amides is 4. The Kier molecular flexibility index (Phi) is 7.07. The third-order valence-corrected chi connectivity index (χ3v) is 7.93. The number of hydrogen-bond donors (Lipinski definition) is 3. The van der Waals surface area contributed by atoms with Crippen LogP contribution in [0.25, 0.3) is 10.2 Å². The fraction of sp³-hybridized carbons (Fsp3) is 0.357. The van der Waals surface area contributed by atoms with E-state index in [4.69, 9.17) is 4.74 Å². The first-order chi connectivity index (χ1) is 18.3. The highest BCUT2D eigenvalue weighted by molar-refractivity contribution is 7.21. The molecular weight excluding hydrogens is 502 g/mol. The van der Waals surface area contributed by atoms with Gasteiger partial charge in [0, 0.05) is 18.3 Å². The van der Waals surface area contributed by atoms with E-state index in [-0.39, 0.29) is 36.0 Å². The third kappa shape index (κ3) is 4.83. The molecule has 2 aliphatic rings. The number of nitrogens with zero attached hydrogens (tertiary/aromatic N) is 2. The quantitative estimate of drug-likeness (QED) is 0.351. The molecule has 1 aliphatic carbocycles. The monoisotopic (exact) mass is 533 g/mol. The molecular formula is C28H31N5O4S. The fourth-order valence-corrected chi connectivity index (χ4v) is 6.18. The van der Waals surface area contributed by atoms with Crippen LogP contribution in [0, 0.1) is 6.92 Å². The molecule has 198 valence electrons. The van der Waals surface area contributed by atoms with Crippen LogP contribution in [0.5, 0.6) is 5.75 Å². The van der Waals surface area contributed by atoms with Crippen molar-refractivity contribution in [3.05, 3.63) is 53.6 Å². The Morgan fingerprint density at radius 1 is 1.18 bits per heavy atom. The van der Waals surface area contributed by atoms with Gasteiger partial charge in [-0.05, 0) is 69.5 Å². The number of thiophene rings is 1. The summed E-state index contributed by atoms with van der Waals surface area (Å²) in [6, 6.07) is 6.68. The summed E-state index contributed by atoms with van der Waals surface area (Å²) < 4.78 is 5.81. The van der Waals surface area contributed by atoms with Crippen molar-refractivity contribution in [1.29, 1.82) is 0 Å². The lowest BCUT2D eigenvalue weighted by atomic mass is 9.90. The number of aryl methyl sites for hydroxylation is 1. The van der Waals surface area contributed by atoms with E-state index in [1.165, 1.54) is 17.4 Å². The summed E-state index contributed by atoms with van der Waals surface area (Å²) in [6.07, 6.45) is 6.41. The lowest BCUT2D eigenvalue weighted by molar-refractivity contribution is -0.117. The van der Waals surface area contributed by atoms with Gasteiger partial charge in [0.1, 0.15) is 15.5 Å². The van der Waals surface area contributed by atoms with Crippen molar-refractivity contribution >= 4 is 56.5 Å². The van der Waals surface area contributed by atoms with E-state index in [0.717, 1.165) is 48.1 Å². The molecule has 1 saturated carbocycles. The Balaban J connectivity index is 1.47. The van der Waals surface area contributed by atoms with Gasteiger partial charge in [-0.15, -0.1) is 11.3 Å². The van der Waals surface area contributed by atoms with Crippen LogP contribution in [-0.4, -0.2) is 41.0 Å². The molecule has 0 bridgehead atoms. The molecule has 3 N–H and O–H groups in total. The SMILES string of the molecule is C=CC(=O)N[C@@H]1CCCCC1NC(=O)c1sc2nccc3c2c1NC(=O)N3c1ccc(OC(C)C)cc1C. The highest BCUT2D eigenvalue weighted by Crippen LogP contribution is 2.46. The van der Waals surface area contributed by atoms with Crippen LogP contribution >= 0.6 is 11.3 Å². The number of pyridine rings is 1. The van der Waals surface area contributed by atoms with Gasteiger partial charge in [0.2, 0.25) is 5.91 Å². The van der Waals surface area contributed by atoms with Gasteiger partial charge >= 0.3 is 6.03 Å². The van der Waals surface area contributed by atoms with Gasteiger partial charge in [0.25, 0.3) is 5.91 Å². The van der Waals surface area contributed by atoms with Gasteiger partial charge in [0.15, 0.2) is 0 Å². The van der Waals surface area contributed by atoms with E-state index in [1.54, 1.807) is 17.2 Å². The standard InChI is InChI=1S/C28H31N5O4S/c1-5-22(34)30-18-8-6-7-9-19(18)31-26(35)25-24-23-21(12-13-29-27(23)38-25)33(28(36)32-24)20-11-10-17(14-16(20)4)37-15(2)3/h5,10-15,18-19H,1,6-9H2,2-4H3,(H,30,34)(H,31,35)(H,32,36)/t18-,19?/m1/s1. The molecule has 1 fully saturated rings. The zero-order valence-electron chi connectivity index (χ0n) is 21.7. The van der Waals surface area contributed by atoms with Crippen molar-refractivity contribution in [1.82, 2.24) is 15.6 Å². The third-order valence-electron chi connectivity index (χ3n) is 6.83. The van der Waals surface area contributed by atoms with Gasteiger partial charge in [-0.25, -0.2) is 9.78 Å². The topological polar surface area (TPSA) is 113 Å². The molecule has 38 heavy (non-hydrogen) atoms. The lowest BCUT2D eigenvalue weighted by Gasteiger charge is -2.32. The number of hydrogen-bond acceptors (Lipinski definition) is 6. The molecule has 9 nitrogen and oxygen atoms in total. The van der Waals surface area contributed by atoms with E-state index < -0.39 is 0 Å². The number of urea groups is 1. The minimum atomic E-state index is -0.355. The summed E-state index contributed by atoms with van der Waals surface area (Å²) in [6.45, 7) is 9.38. The van der Waals surface area contributed by atoms with Crippen LogP contribution in [0.15, 0.2) is 43.1 Å². The van der Waals surface area contributed by atoms with Crippen LogP contribution < -0.4 is 25.6 Å². The number of nitrogens with one attached hydrogen (secondary N) is 3. The molecule has 3 heterocycles. The van der Waals surface area contributed by atoms with Crippen molar-refractivity contribution in [2.24, 2.45) is 0 Å². The molecule has 1 aliphatic heterocycles. The normalized spacial score (nSPS) is 18.7. The van der Waals surface area contributed by atoms with Crippen LogP contribution in [0.1, 0.15) is 54.8 Å². The van der Waals surface area contributed by atoms with Gasteiger partial charge in [0.05, 0.1) is 28.6 Å². The van der Waals surface area contributed by atoms with Gasteiger partial charge in [-0.2, -0.15) is 0 Å². The number of aromatic nitrogens is 1. The van der Waals surface area contributed by atoms with Crippen LogP contribution in [0.3, 0.4) is 0 Å². The Labute approximate surface area is 225 Å². The van der Waals surface area contributed by atoms with Gasteiger partial charge < -0.3 is 20.7 Å². The average Bonchev–Trinajstić information content (AvgIpc) is 3.25. The molecule has 2 aromatic heterocycles. The van der Waals surface area contributed by atoms with Gasteiger partial charge in [-0.3, -0.25) is 14.5 Å². The zero-order valence-corrected chi connectivity index (χ0v) is 22.5. The summed E-state index contributed by atoms with van der Waals surface area (Å²) in [5, 5.41) is 9.71. The molecule has 0 saturated heterocycles. The molecule has 3 aromatic rings. The molecule has 1 unspecified atom stereocenters. The Morgan fingerprint density at radius 3 is 2.61 bits per heavy atom. The highest BCUT2D eigenvalue weighted by Gasteiger charge is 2.35. The highest BCUT2D eigenvalue weighted by atomic mass is 32.1. The largest absolute Gasteiger partial charge is 0.491 e. The molecule has 2 atom stereocenters. The van der Waals surface area contributed by atoms with E-state index >= 15 is 0 Å². The first-order valence-corrected chi connectivity index (χ1v) is 13.6. The second-order valence-electron chi connectivity index (χ2n) is 9.88. The number of benzene rings is 1. The van der Waals surface area contributed by atoms with E-state index in [2.05, 4.69) is 27.5 Å². The Morgan fingerprint density at radius 2 is 1.92 bits per heavy atom. The molecule has 1 aromatic carbocycles. The van der Waals surface area contributed by atoms with Crippen LogP contribution in [0.2, 0.25) is 0 Å². The average molecular weight is 534 g/mol. The smallest absolute Gasteiger partial charge is 0.331 e. The number of rotatable bonds is 7. The number of carbonyl (C=O) groups excluding carboxylic acids is 3. The predicted octanol–water partition coefficient (Wildman–Crippen LogP) is 5.42. The first-order valence-electron chi connectivity index (χ1n) is 12.8. The van der Waals surface area contributed by atoms with Crippen LogP contribution in [0.4, 0.5) is 21.9 Å². The fourth-order valence-electron chi connectivity index (χ4n) is 5.16. The first kappa shape index (κ1) is 25.7. The van der Waals surface area contributed by atoms with Crippen molar-refractivity contribution < 1.29 is 19.1 Å². The van der Waals surface area contributed by atoms with E-state index in [9.17, 15) is 14.4 Å². The summed E-state index contributed by atoms with van der Waals surface area (Å²) in [5.74, 6) is 0.186. The summed E-state index contributed by atoms with van der Waals surface area (Å²) in [4.78, 5) is 46.0. The molecule has 5 rings (SSSR count). The van der Waals surface area contributed by atoms with E-state index in [0.29, 0.717) is 21.1 Å². The van der Waals surface area contributed by atoms with Crippen molar-refractivity contribution in [3.8, 4) is 5.75 Å². The number of anilines is 3. The minimum absolute atomic E-state index is 0.0402. The lowest BCUT2D eigenvalue weighted by Crippen LogP contribution is -2.52. The van der Waals surface area contributed by atoms with E-state index in [1.807, 2.05) is 39.0 Å². The summed E-state index contributed by atoms with van der Waals surface area (Å²) in [5.41, 5.74) is 2.73. The minimum Gasteiger partial charge on any atom is -0.491 e. The molecule has 0 spiro atoms. The predicted molar refractivity (Wildman–Crippen MR) is 150 cm³/mol. The Hall–Kier alpha value is -3.92. The second-order valence-corrected chi connectivity index (χ2v) is 10.9. The molecule has 10 heteroatoms. The van der Waals surface area contributed by atoms with Gasteiger partial charge in [-0.1, -0.05) is 19.4 Å².